The number of rotatable bonds is 4. The molecule has 3 rings (SSSR count). The number of nitrogens with one attached hydrogen (secondary N) is 1. The Balaban J connectivity index is 1.63. The Morgan fingerprint density at radius 3 is 2.56 bits per heavy atom. The number of hydrogen-bond acceptors (Lipinski definition) is 4. The number of amides is 1. The molecule has 0 aromatic heterocycles. The molecule has 0 aliphatic carbocycles. The van der Waals surface area contributed by atoms with Crippen molar-refractivity contribution in [3.05, 3.63) is 59.2 Å². The Morgan fingerprint density at radius 2 is 1.89 bits per heavy atom. The van der Waals surface area contributed by atoms with Crippen molar-refractivity contribution >= 4 is 21.8 Å². The minimum atomic E-state index is -3.60. The first-order chi connectivity index (χ1) is 12.9. The van der Waals surface area contributed by atoms with Gasteiger partial charge in [-0.05, 0) is 55.3 Å². The highest BCUT2D eigenvalue weighted by molar-refractivity contribution is 7.89. The van der Waals surface area contributed by atoms with Gasteiger partial charge >= 0.3 is 6.09 Å². The van der Waals surface area contributed by atoms with E-state index in [-0.39, 0.29) is 17.5 Å². The largest absolute Gasteiger partial charge is 0.447 e. The van der Waals surface area contributed by atoms with E-state index in [1.807, 2.05) is 13.0 Å². The maximum atomic E-state index is 12.4. The molecule has 0 radical (unpaired) electrons. The number of carbonyl (C=O) groups excluding carboxylic acids is 1. The molecule has 6 nitrogen and oxygen atoms in total. The number of benzene rings is 2. The molecule has 0 unspecified atom stereocenters. The van der Waals surface area contributed by atoms with Crippen LogP contribution in [0.5, 0.6) is 0 Å². The van der Waals surface area contributed by atoms with Gasteiger partial charge in [0, 0.05) is 11.3 Å². The van der Waals surface area contributed by atoms with Gasteiger partial charge in [0.1, 0.15) is 6.61 Å². The van der Waals surface area contributed by atoms with Crippen LogP contribution in [0.15, 0.2) is 47.4 Å². The lowest BCUT2D eigenvalue weighted by molar-refractivity contribution is 0.181. The molecule has 1 N–H and O–H groups in total. The van der Waals surface area contributed by atoms with Crippen LogP contribution in [-0.2, 0) is 14.8 Å². The van der Waals surface area contributed by atoms with Gasteiger partial charge in [-0.25, -0.2) is 13.2 Å². The summed E-state index contributed by atoms with van der Waals surface area (Å²) in [5.41, 5.74) is 3.06. The van der Waals surface area contributed by atoms with E-state index in [4.69, 9.17) is 4.74 Å². The molecule has 1 aliphatic rings. The van der Waals surface area contributed by atoms with E-state index < -0.39 is 10.0 Å². The number of aryl methyl sites for hydroxylation is 2. The molecular formula is C20H20N2O4S. The second-order valence-electron chi connectivity index (χ2n) is 6.21. The molecule has 0 atom stereocenters. The van der Waals surface area contributed by atoms with Crippen LogP contribution in [-0.4, -0.2) is 34.2 Å². The quantitative estimate of drug-likeness (QED) is 0.822. The summed E-state index contributed by atoms with van der Waals surface area (Å²) in [6.07, 6.45) is -0.352. The van der Waals surface area contributed by atoms with E-state index in [1.54, 1.807) is 48.2 Å². The highest BCUT2D eigenvalue weighted by atomic mass is 32.2. The minimum absolute atomic E-state index is 0.00984. The van der Waals surface area contributed by atoms with Gasteiger partial charge in [0.2, 0.25) is 10.0 Å². The molecule has 1 amide bonds. The predicted octanol–water partition coefficient (Wildman–Crippen LogP) is 2.59. The van der Waals surface area contributed by atoms with Crippen molar-refractivity contribution in [1.29, 1.82) is 0 Å². The molecule has 1 heterocycles. The molecule has 1 aliphatic heterocycles. The number of hydrogen-bond donors (Lipinski definition) is 1. The van der Waals surface area contributed by atoms with Crippen molar-refractivity contribution < 1.29 is 17.9 Å². The van der Waals surface area contributed by atoms with E-state index in [0.29, 0.717) is 18.7 Å². The topological polar surface area (TPSA) is 75.7 Å². The molecule has 0 spiro atoms. The van der Waals surface area contributed by atoms with Crippen molar-refractivity contribution in [2.24, 2.45) is 0 Å². The summed E-state index contributed by atoms with van der Waals surface area (Å²) in [6.45, 7) is 4.54. The van der Waals surface area contributed by atoms with E-state index >= 15 is 0 Å². The van der Waals surface area contributed by atoms with Gasteiger partial charge in [0.15, 0.2) is 0 Å². The van der Waals surface area contributed by atoms with Gasteiger partial charge < -0.3 is 4.74 Å². The van der Waals surface area contributed by atoms with Crippen molar-refractivity contribution in [3.8, 4) is 11.8 Å². The molecule has 27 heavy (non-hydrogen) atoms. The molecule has 2 aromatic carbocycles. The maximum absolute atomic E-state index is 12.4. The highest BCUT2D eigenvalue weighted by Crippen LogP contribution is 2.19. The summed E-state index contributed by atoms with van der Waals surface area (Å²) in [7, 11) is -3.60. The monoisotopic (exact) mass is 384 g/mol. The average molecular weight is 384 g/mol. The van der Waals surface area contributed by atoms with Crippen LogP contribution in [0, 0.1) is 25.7 Å². The molecule has 140 valence electrons. The first kappa shape index (κ1) is 19.0. The third kappa shape index (κ3) is 4.48. The maximum Gasteiger partial charge on any atom is 0.414 e. The van der Waals surface area contributed by atoms with Crippen molar-refractivity contribution in [2.45, 2.75) is 18.7 Å². The molecule has 0 saturated carbocycles. The van der Waals surface area contributed by atoms with Crippen LogP contribution in [0.2, 0.25) is 0 Å². The molecule has 0 bridgehead atoms. The number of nitrogens with zero attached hydrogens (tertiary/aromatic N) is 1. The van der Waals surface area contributed by atoms with Gasteiger partial charge in [-0.3, -0.25) is 4.90 Å². The summed E-state index contributed by atoms with van der Waals surface area (Å²) in [4.78, 5) is 13.4. The van der Waals surface area contributed by atoms with Crippen LogP contribution < -0.4 is 9.62 Å². The first-order valence-corrected chi connectivity index (χ1v) is 9.95. The van der Waals surface area contributed by atoms with Gasteiger partial charge in [-0.2, -0.15) is 4.72 Å². The van der Waals surface area contributed by atoms with E-state index in [1.165, 1.54) is 0 Å². The van der Waals surface area contributed by atoms with Crippen LogP contribution in [0.1, 0.15) is 16.7 Å². The Kier molecular flexibility index (Phi) is 5.49. The fourth-order valence-corrected chi connectivity index (χ4v) is 3.96. The molecule has 1 fully saturated rings. The molecule has 7 heteroatoms. The molecule has 2 aromatic rings. The second-order valence-corrected chi connectivity index (χ2v) is 7.94. The SMILES string of the molecule is Cc1ccc(C)c(S(=O)(=O)NCC#Cc2ccc(N3CCOC3=O)cc2)c1. The lowest BCUT2D eigenvalue weighted by Gasteiger charge is -2.12. The van der Waals surface area contributed by atoms with Crippen molar-refractivity contribution in [1.82, 2.24) is 4.72 Å². The fraction of sp³-hybridized carbons (Fsp3) is 0.250. The smallest absolute Gasteiger partial charge is 0.414 e. The number of carbonyl (C=O) groups is 1. The number of ether oxygens (including phenoxy) is 1. The Bertz CT molecular complexity index is 1020. The summed E-state index contributed by atoms with van der Waals surface area (Å²) in [5.74, 6) is 5.73. The number of anilines is 1. The lowest BCUT2D eigenvalue weighted by Crippen LogP contribution is -2.24. The molecule has 1 saturated heterocycles. The van der Waals surface area contributed by atoms with E-state index in [0.717, 1.165) is 16.8 Å². The zero-order chi connectivity index (χ0) is 19.4. The van der Waals surface area contributed by atoms with Gasteiger partial charge in [-0.15, -0.1) is 0 Å². The highest BCUT2D eigenvalue weighted by Gasteiger charge is 2.23. The van der Waals surface area contributed by atoms with Crippen LogP contribution in [0.3, 0.4) is 0 Å². The van der Waals surface area contributed by atoms with Crippen molar-refractivity contribution in [2.75, 3.05) is 24.6 Å². The third-order valence-corrected chi connectivity index (χ3v) is 5.70. The summed E-state index contributed by atoms with van der Waals surface area (Å²) >= 11 is 0. The standard InChI is InChI=1S/C20H20N2O4S/c1-15-5-6-16(2)19(14-15)27(24,25)21-11-3-4-17-7-9-18(10-8-17)22-12-13-26-20(22)23/h5-10,14,21H,11-13H2,1-2H3. The Labute approximate surface area is 159 Å². The predicted molar refractivity (Wildman–Crippen MR) is 103 cm³/mol. The summed E-state index contributed by atoms with van der Waals surface area (Å²) in [5, 5.41) is 0. The first-order valence-electron chi connectivity index (χ1n) is 8.47. The minimum Gasteiger partial charge on any atom is -0.447 e. The normalized spacial score (nSPS) is 13.9. The Morgan fingerprint density at radius 1 is 1.15 bits per heavy atom. The van der Waals surface area contributed by atoms with Gasteiger partial charge in [0.05, 0.1) is 18.0 Å². The fourth-order valence-electron chi connectivity index (χ4n) is 2.70. The lowest BCUT2D eigenvalue weighted by atomic mass is 10.2. The zero-order valence-corrected chi connectivity index (χ0v) is 16.0. The van der Waals surface area contributed by atoms with Crippen LogP contribution in [0.4, 0.5) is 10.5 Å². The van der Waals surface area contributed by atoms with Gasteiger partial charge in [0.25, 0.3) is 0 Å². The second kappa shape index (κ2) is 7.82. The van der Waals surface area contributed by atoms with E-state index in [9.17, 15) is 13.2 Å². The van der Waals surface area contributed by atoms with E-state index in [2.05, 4.69) is 16.6 Å². The van der Waals surface area contributed by atoms with Gasteiger partial charge in [-0.1, -0.05) is 24.0 Å². The number of sulfonamides is 1. The van der Waals surface area contributed by atoms with Crippen LogP contribution in [0.25, 0.3) is 0 Å². The average Bonchev–Trinajstić information content (AvgIpc) is 3.07. The Hall–Kier alpha value is -2.82. The number of cyclic esters (lactones) is 1. The zero-order valence-electron chi connectivity index (χ0n) is 15.2. The third-order valence-electron chi connectivity index (χ3n) is 4.16. The van der Waals surface area contributed by atoms with Crippen LogP contribution >= 0.6 is 0 Å². The van der Waals surface area contributed by atoms with Crippen molar-refractivity contribution in [3.63, 3.8) is 0 Å². The molecular weight excluding hydrogens is 364 g/mol. The summed E-state index contributed by atoms with van der Waals surface area (Å²) < 4.78 is 32.2. The summed E-state index contributed by atoms with van der Waals surface area (Å²) in [6, 6.07) is 12.5.